The zero-order chi connectivity index (χ0) is 8.43. The van der Waals surface area contributed by atoms with Crippen LogP contribution in [0, 0.1) is 0 Å². The van der Waals surface area contributed by atoms with Crippen LogP contribution in [0.25, 0.3) is 0 Å². The summed E-state index contributed by atoms with van der Waals surface area (Å²) >= 11 is 0. The third-order valence-corrected chi connectivity index (χ3v) is 2.02. The first-order chi connectivity index (χ1) is 5.20. The highest BCUT2D eigenvalue weighted by atomic mass is 16.6. The Labute approximate surface area is 65.7 Å². The molecule has 1 saturated heterocycles. The van der Waals surface area contributed by atoms with Gasteiger partial charge in [-0.25, -0.2) is 0 Å². The Morgan fingerprint density at radius 1 is 1.55 bits per heavy atom. The van der Waals surface area contributed by atoms with Crippen LogP contribution in [-0.2, 0) is 9.47 Å². The largest absolute Gasteiger partial charge is 0.394 e. The van der Waals surface area contributed by atoms with E-state index in [0.717, 1.165) is 0 Å². The summed E-state index contributed by atoms with van der Waals surface area (Å²) in [5.41, 5.74) is 0. The number of hydrogen-bond donors (Lipinski definition) is 2. The molecule has 0 aromatic rings. The van der Waals surface area contributed by atoms with E-state index >= 15 is 0 Å². The van der Waals surface area contributed by atoms with Crippen LogP contribution in [0.1, 0.15) is 6.92 Å². The van der Waals surface area contributed by atoms with Crippen molar-refractivity contribution in [2.24, 2.45) is 0 Å². The van der Waals surface area contributed by atoms with Crippen molar-refractivity contribution in [3.63, 3.8) is 0 Å². The summed E-state index contributed by atoms with van der Waals surface area (Å²) in [7, 11) is 1.52. The quantitative estimate of drug-likeness (QED) is 0.555. The number of aliphatic hydroxyl groups excluding tert-OH is 2. The van der Waals surface area contributed by atoms with Crippen LogP contribution < -0.4 is 0 Å². The molecule has 1 aliphatic heterocycles. The number of hydrogen-bond acceptors (Lipinski definition) is 4. The molecule has 0 bridgehead atoms. The minimum absolute atomic E-state index is 0.146. The fourth-order valence-electron chi connectivity index (χ4n) is 1.40. The molecule has 4 atom stereocenters. The molecule has 11 heavy (non-hydrogen) atoms. The molecule has 0 unspecified atom stereocenters. The molecule has 2 N–H and O–H groups in total. The molecular weight excluding hydrogens is 148 g/mol. The smallest absolute Gasteiger partial charge is 0.111 e. The molecule has 66 valence electrons. The topological polar surface area (TPSA) is 58.9 Å². The van der Waals surface area contributed by atoms with Crippen LogP contribution in [0.2, 0.25) is 0 Å². The Kier molecular flexibility index (Phi) is 2.84. The first kappa shape index (κ1) is 8.93. The zero-order valence-corrected chi connectivity index (χ0v) is 6.73. The van der Waals surface area contributed by atoms with E-state index in [-0.39, 0.29) is 18.8 Å². The van der Waals surface area contributed by atoms with E-state index < -0.39 is 12.2 Å². The second kappa shape index (κ2) is 3.49. The van der Waals surface area contributed by atoms with E-state index in [0.29, 0.717) is 0 Å². The lowest BCUT2D eigenvalue weighted by atomic mass is 10.1. The predicted molar refractivity (Wildman–Crippen MR) is 38.2 cm³/mol. The third kappa shape index (κ3) is 1.54. The normalized spacial score (nSPS) is 44.7. The molecule has 0 saturated carbocycles. The van der Waals surface area contributed by atoms with Gasteiger partial charge in [0.1, 0.15) is 18.3 Å². The van der Waals surface area contributed by atoms with Crippen LogP contribution in [0.4, 0.5) is 0 Å². The predicted octanol–water partition coefficient (Wildman–Crippen LogP) is -0.858. The summed E-state index contributed by atoms with van der Waals surface area (Å²) in [6.45, 7) is 1.65. The van der Waals surface area contributed by atoms with E-state index in [1.165, 1.54) is 7.11 Å². The van der Waals surface area contributed by atoms with E-state index in [1.54, 1.807) is 0 Å². The number of ether oxygens (including phenoxy) is 2. The summed E-state index contributed by atoms with van der Waals surface area (Å²) in [5, 5.41) is 18.1. The van der Waals surface area contributed by atoms with Crippen molar-refractivity contribution < 1.29 is 19.7 Å². The van der Waals surface area contributed by atoms with Crippen LogP contribution >= 0.6 is 0 Å². The molecule has 1 rings (SSSR count). The molecule has 0 spiro atoms. The van der Waals surface area contributed by atoms with Gasteiger partial charge in [0.2, 0.25) is 0 Å². The van der Waals surface area contributed by atoms with Gasteiger partial charge in [-0.15, -0.1) is 0 Å². The molecular formula is C7H14O4. The Morgan fingerprint density at radius 2 is 2.18 bits per heavy atom. The minimum atomic E-state index is -0.708. The van der Waals surface area contributed by atoms with Gasteiger partial charge >= 0.3 is 0 Å². The van der Waals surface area contributed by atoms with Crippen LogP contribution in [0.5, 0.6) is 0 Å². The Balaban J connectivity index is 2.55. The monoisotopic (exact) mass is 162 g/mol. The van der Waals surface area contributed by atoms with Gasteiger partial charge in [0.15, 0.2) is 0 Å². The van der Waals surface area contributed by atoms with Gasteiger partial charge in [-0.3, -0.25) is 0 Å². The summed E-state index contributed by atoms with van der Waals surface area (Å²) < 4.78 is 10.2. The highest BCUT2D eigenvalue weighted by Crippen LogP contribution is 2.22. The summed E-state index contributed by atoms with van der Waals surface area (Å²) in [6, 6.07) is 0. The average molecular weight is 162 g/mol. The first-order valence-corrected chi connectivity index (χ1v) is 3.68. The highest BCUT2D eigenvalue weighted by Gasteiger charge is 2.40. The van der Waals surface area contributed by atoms with Crippen molar-refractivity contribution in [3.8, 4) is 0 Å². The maximum absolute atomic E-state index is 9.41. The van der Waals surface area contributed by atoms with Crippen LogP contribution in [0.3, 0.4) is 0 Å². The standard InChI is InChI=1S/C7H14O4/c1-4-7(10-2)6(9)5(3-8)11-4/h4-9H,3H2,1-2H3/t4-,5+,6+,7-/m0/s1. The lowest BCUT2D eigenvalue weighted by Gasteiger charge is -2.14. The number of aliphatic hydroxyl groups is 2. The molecule has 4 heteroatoms. The molecule has 1 fully saturated rings. The van der Waals surface area contributed by atoms with E-state index in [4.69, 9.17) is 14.6 Å². The van der Waals surface area contributed by atoms with Gasteiger partial charge in [-0.05, 0) is 6.92 Å². The molecule has 1 heterocycles. The summed E-state index contributed by atoms with van der Waals surface area (Å²) in [6.07, 6.45) is -1.66. The fraction of sp³-hybridized carbons (Fsp3) is 1.00. The SMILES string of the molecule is CO[C@@H]1[C@H](O)[C@@H](CO)O[C@H]1C. The molecule has 0 aromatic carbocycles. The van der Waals surface area contributed by atoms with Crippen LogP contribution in [0.15, 0.2) is 0 Å². The van der Waals surface area contributed by atoms with Gasteiger partial charge < -0.3 is 19.7 Å². The van der Waals surface area contributed by atoms with Gasteiger partial charge in [0, 0.05) is 7.11 Å². The van der Waals surface area contributed by atoms with E-state index in [9.17, 15) is 5.11 Å². The van der Waals surface area contributed by atoms with Crippen LogP contribution in [-0.4, -0.2) is 48.3 Å². The van der Waals surface area contributed by atoms with Gasteiger partial charge in [0.25, 0.3) is 0 Å². The third-order valence-electron chi connectivity index (χ3n) is 2.02. The Hall–Kier alpha value is -0.160. The maximum Gasteiger partial charge on any atom is 0.111 e. The Morgan fingerprint density at radius 3 is 2.45 bits per heavy atom. The van der Waals surface area contributed by atoms with E-state index in [1.807, 2.05) is 6.92 Å². The molecule has 1 aliphatic rings. The second-order valence-electron chi connectivity index (χ2n) is 2.75. The van der Waals surface area contributed by atoms with Crippen molar-refractivity contribution in [1.29, 1.82) is 0 Å². The van der Waals surface area contributed by atoms with Crippen molar-refractivity contribution in [1.82, 2.24) is 0 Å². The number of methoxy groups -OCH3 is 1. The first-order valence-electron chi connectivity index (χ1n) is 3.68. The maximum atomic E-state index is 9.41. The zero-order valence-electron chi connectivity index (χ0n) is 6.73. The molecule has 0 aromatic heterocycles. The molecule has 0 amide bonds. The van der Waals surface area contributed by atoms with Crippen molar-refractivity contribution in [2.75, 3.05) is 13.7 Å². The summed E-state index contributed by atoms with van der Waals surface area (Å²) in [4.78, 5) is 0. The van der Waals surface area contributed by atoms with E-state index in [2.05, 4.69) is 0 Å². The molecule has 4 nitrogen and oxygen atoms in total. The lowest BCUT2D eigenvalue weighted by molar-refractivity contribution is -0.0175. The van der Waals surface area contributed by atoms with Crippen molar-refractivity contribution in [3.05, 3.63) is 0 Å². The minimum Gasteiger partial charge on any atom is -0.394 e. The highest BCUT2D eigenvalue weighted by molar-refractivity contribution is 4.88. The van der Waals surface area contributed by atoms with Crippen molar-refractivity contribution >= 4 is 0 Å². The van der Waals surface area contributed by atoms with Gasteiger partial charge in [0.05, 0.1) is 12.7 Å². The Bertz CT molecular complexity index is 128. The second-order valence-corrected chi connectivity index (χ2v) is 2.75. The van der Waals surface area contributed by atoms with Gasteiger partial charge in [-0.1, -0.05) is 0 Å². The summed E-state index contributed by atoms with van der Waals surface area (Å²) in [5.74, 6) is 0. The van der Waals surface area contributed by atoms with Gasteiger partial charge in [-0.2, -0.15) is 0 Å². The van der Waals surface area contributed by atoms with Crippen molar-refractivity contribution in [2.45, 2.75) is 31.3 Å². The molecule has 0 radical (unpaired) electrons. The molecule has 0 aliphatic carbocycles. The fourth-order valence-corrected chi connectivity index (χ4v) is 1.40. The average Bonchev–Trinajstić information content (AvgIpc) is 2.26. The number of rotatable bonds is 2. The lowest BCUT2D eigenvalue weighted by Crippen LogP contribution is -2.34.